The van der Waals surface area contributed by atoms with Gasteiger partial charge in [-0.2, -0.15) is 0 Å². The SMILES string of the molecule is Cc1cccc(C(=O)N2CCC3(CC2)OCC(C(=O)NCC2CCCO2)N3C(=O)c2ccc(F)cc2)c1. The van der Waals surface area contributed by atoms with Gasteiger partial charge in [-0.15, -0.1) is 0 Å². The van der Waals surface area contributed by atoms with E-state index in [1.54, 1.807) is 11.0 Å². The summed E-state index contributed by atoms with van der Waals surface area (Å²) >= 11 is 0. The second-order valence-electron chi connectivity index (χ2n) is 10.00. The van der Waals surface area contributed by atoms with Crippen molar-refractivity contribution in [2.75, 3.05) is 32.8 Å². The zero-order valence-corrected chi connectivity index (χ0v) is 21.0. The first-order chi connectivity index (χ1) is 17.9. The van der Waals surface area contributed by atoms with E-state index < -0.39 is 23.5 Å². The molecular weight excluding hydrogens is 477 g/mol. The van der Waals surface area contributed by atoms with Gasteiger partial charge in [0, 0.05) is 50.2 Å². The van der Waals surface area contributed by atoms with Crippen LogP contribution in [0.2, 0.25) is 0 Å². The van der Waals surface area contributed by atoms with Gasteiger partial charge in [-0.1, -0.05) is 17.7 Å². The van der Waals surface area contributed by atoms with Crippen LogP contribution in [0.3, 0.4) is 0 Å². The van der Waals surface area contributed by atoms with Gasteiger partial charge in [0.05, 0.1) is 12.7 Å². The molecule has 1 spiro atoms. The van der Waals surface area contributed by atoms with E-state index in [4.69, 9.17) is 9.47 Å². The molecule has 196 valence electrons. The summed E-state index contributed by atoms with van der Waals surface area (Å²) in [6.07, 6.45) is 2.55. The second kappa shape index (κ2) is 10.6. The fraction of sp³-hybridized carbons (Fsp3) is 0.464. The van der Waals surface area contributed by atoms with Crippen LogP contribution >= 0.6 is 0 Å². The summed E-state index contributed by atoms with van der Waals surface area (Å²) in [5.41, 5.74) is 0.877. The Morgan fingerprint density at radius 3 is 2.49 bits per heavy atom. The highest BCUT2D eigenvalue weighted by Gasteiger charge is 2.54. The number of carbonyl (C=O) groups is 3. The first kappa shape index (κ1) is 25.4. The van der Waals surface area contributed by atoms with E-state index in [0.29, 0.717) is 44.6 Å². The molecule has 0 aromatic heterocycles. The molecule has 3 saturated heterocycles. The highest BCUT2D eigenvalue weighted by Crippen LogP contribution is 2.39. The van der Waals surface area contributed by atoms with Crippen LogP contribution in [-0.2, 0) is 14.3 Å². The standard InChI is InChI=1S/C28H32FN3O5/c1-19-4-2-5-21(16-19)26(34)31-13-11-28(12-14-31)32(27(35)20-7-9-22(29)10-8-20)24(18-37-28)25(33)30-17-23-6-3-15-36-23/h2,4-5,7-10,16,23-24H,3,6,11-15,17-18H2,1H3,(H,30,33). The first-order valence-corrected chi connectivity index (χ1v) is 12.8. The van der Waals surface area contributed by atoms with E-state index in [0.717, 1.165) is 18.4 Å². The van der Waals surface area contributed by atoms with Gasteiger partial charge < -0.3 is 19.7 Å². The summed E-state index contributed by atoms with van der Waals surface area (Å²) in [5.74, 6) is -1.22. The minimum atomic E-state index is -1.03. The fourth-order valence-electron chi connectivity index (χ4n) is 5.46. The molecule has 8 nitrogen and oxygen atoms in total. The molecule has 2 atom stereocenters. The van der Waals surface area contributed by atoms with Gasteiger partial charge in [0.1, 0.15) is 17.6 Å². The Labute approximate surface area is 215 Å². The van der Waals surface area contributed by atoms with E-state index in [1.807, 2.05) is 25.1 Å². The van der Waals surface area contributed by atoms with Gasteiger partial charge in [-0.25, -0.2) is 4.39 Å². The van der Waals surface area contributed by atoms with Crippen molar-refractivity contribution >= 4 is 17.7 Å². The highest BCUT2D eigenvalue weighted by molar-refractivity contribution is 5.98. The summed E-state index contributed by atoms with van der Waals surface area (Å²) in [7, 11) is 0. The maximum atomic E-state index is 13.7. The lowest BCUT2D eigenvalue weighted by molar-refractivity contribution is -0.128. The number of carbonyl (C=O) groups excluding carboxylic acids is 3. The number of piperidine rings is 1. The number of halogens is 1. The summed E-state index contributed by atoms with van der Waals surface area (Å²) in [6, 6.07) is 11.9. The number of ether oxygens (including phenoxy) is 2. The van der Waals surface area contributed by atoms with Gasteiger partial charge in [0.15, 0.2) is 0 Å². The lowest BCUT2D eigenvalue weighted by Gasteiger charge is -2.44. The molecule has 3 amide bonds. The Kier molecular flexibility index (Phi) is 7.26. The number of benzene rings is 2. The third-order valence-electron chi connectivity index (χ3n) is 7.50. The first-order valence-electron chi connectivity index (χ1n) is 12.8. The number of hydrogen-bond acceptors (Lipinski definition) is 5. The molecule has 37 heavy (non-hydrogen) atoms. The van der Waals surface area contributed by atoms with Crippen molar-refractivity contribution in [2.24, 2.45) is 0 Å². The number of nitrogens with one attached hydrogen (secondary N) is 1. The highest BCUT2D eigenvalue weighted by atomic mass is 19.1. The summed E-state index contributed by atoms with van der Waals surface area (Å²) in [5, 5.41) is 2.93. The van der Waals surface area contributed by atoms with Crippen molar-refractivity contribution < 1.29 is 28.2 Å². The minimum absolute atomic E-state index is 0.0302. The molecule has 0 radical (unpaired) electrons. The molecule has 1 N–H and O–H groups in total. The van der Waals surface area contributed by atoms with Crippen LogP contribution in [0.1, 0.15) is 52.0 Å². The monoisotopic (exact) mass is 509 g/mol. The Hall–Kier alpha value is -3.30. The number of amides is 3. The predicted octanol–water partition coefficient (Wildman–Crippen LogP) is 2.90. The summed E-state index contributed by atoms with van der Waals surface area (Å²) in [4.78, 5) is 43.3. The van der Waals surface area contributed by atoms with Gasteiger partial charge in [-0.3, -0.25) is 19.3 Å². The third-order valence-corrected chi connectivity index (χ3v) is 7.50. The van der Waals surface area contributed by atoms with Crippen LogP contribution < -0.4 is 5.32 Å². The maximum Gasteiger partial charge on any atom is 0.256 e. The summed E-state index contributed by atoms with van der Waals surface area (Å²) < 4.78 is 25.4. The van der Waals surface area contributed by atoms with Crippen molar-refractivity contribution in [3.05, 3.63) is 71.0 Å². The largest absolute Gasteiger partial charge is 0.376 e. The van der Waals surface area contributed by atoms with Crippen LogP contribution in [0.4, 0.5) is 4.39 Å². The van der Waals surface area contributed by atoms with Crippen LogP contribution in [-0.4, -0.2) is 78.2 Å². The van der Waals surface area contributed by atoms with Gasteiger partial charge in [0.25, 0.3) is 11.8 Å². The predicted molar refractivity (Wildman–Crippen MR) is 133 cm³/mol. The molecule has 5 rings (SSSR count). The van der Waals surface area contributed by atoms with Gasteiger partial charge >= 0.3 is 0 Å². The molecule has 0 saturated carbocycles. The van der Waals surface area contributed by atoms with E-state index in [-0.39, 0.29) is 30.1 Å². The number of rotatable bonds is 5. The molecule has 0 aliphatic carbocycles. The Balaban J connectivity index is 1.34. The topological polar surface area (TPSA) is 88.2 Å². The Bertz CT molecular complexity index is 1160. The van der Waals surface area contributed by atoms with E-state index in [2.05, 4.69) is 5.32 Å². The minimum Gasteiger partial charge on any atom is -0.376 e. The molecule has 3 heterocycles. The van der Waals surface area contributed by atoms with E-state index >= 15 is 0 Å². The lowest BCUT2D eigenvalue weighted by atomic mass is 9.96. The molecule has 3 fully saturated rings. The molecule has 2 aromatic carbocycles. The molecule has 2 unspecified atom stereocenters. The quantitative estimate of drug-likeness (QED) is 0.670. The van der Waals surface area contributed by atoms with Crippen LogP contribution in [0.5, 0.6) is 0 Å². The molecule has 3 aliphatic rings. The average Bonchev–Trinajstić information content (AvgIpc) is 3.56. The van der Waals surface area contributed by atoms with Crippen molar-refractivity contribution in [3.8, 4) is 0 Å². The van der Waals surface area contributed by atoms with Crippen LogP contribution in [0.15, 0.2) is 48.5 Å². The second-order valence-corrected chi connectivity index (χ2v) is 10.00. The van der Waals surface area contributed by atoms with Gasteiger partial charge in [0.2, 0.25) is 5.91 Å². The van der Waals surface area contributed by atoms with E-state index in [1.165, 1.54) is 29.2 Å². The Morgan fingerprint density at radius 2 is 1.81 bits per heavy atom. The van der Waals surface area contributed by atoms with Gasteiger partial charge in [-0.05, 0) is 56.2 Å². The molecule has 0 bridgehead atoms. The zero-order valence-electron chi connectivity index (χ0n) is 21.0. The molecular formula is C28H32FN3O5. The molecule has 3 aliphatic heterocycles. The molecule has 9 heteroatoms. The maximum absolute atomic E-state index is 13.7. The zero-order chi connectivity index (χ0) is 26.0. The molecule has 2 aromatic rings. The number of aryl methyl sites for hydroxylation is 1. The van der Waals surface area contributed by atoms with Crippen molar-refractivity contribution in [1.29, 1.82) is 0 Å². The number of likely N-dealkylation sites (tertiary alicyclic amines) is 1. The van der Waals surface area contributed by atoms with Crippen molar-refractivity contribution in [1.82, 2.24) is 15.1 Å². The van der Waals surface area contributed by atoms with Crippen LogP contribution in [0.25, 0.3) is 0 Å². The summed E-state index contributed by atoms with van der Waals surface area (Å²) in [6.45, 7) is 3.81. The smallest absolute Gasteiger partial charge is 0.256 e. The Morgan fingerprint density at radius 1 is 1.05 bits per heavy atom. The normalized spacial score (nSPS) is 22.9. The average molecular weight is 510 g/mol. The third kappa shape index (κ3) is 5.24. The fourth-order valence-corrected chi connectivity index (χ4v) is 5.46. The number of nitrogens with zero attached hydrogens (tertiary/aromatic N) is 2. The van der Waals surface area contributed by atoms with Crippen molar-refractivity contribution in [3.63, 3.8) is 0 Å². The van der Waals surface area contributed by atoms with Crippen molar-refractivity contribution in [2.45, 2.75) is 50.5 Å². The van der Waals surface area contributed by atoms with E-state index in [9.17, 15) is 18.8 Å². The number of hydrogen-bond donors (Lipinski definition) is 1. The van der Waals surface area contributed by atoms with Crippen LogP contribution in [0, 0.1) is 12.7 Å². The lowest BCUT2D eigenvalue weighted by Crippen LogP contribution is -2.60.